The first-order valence-corrected chi connectivity index (χ1v) is 8.70. The second-order valence-electron chi connectivity index (χ2n) is 6.36. The number of benzene rings is 1. The molecule has 0 spiro atoms. The molecule has 1 saturated carbocycles. The van der Waals surface area contributed by atoms with Gasteiger partial charge in [0.15, 0.2) is 0 Å². The van der Waals surface area contributed by atoms with Gasteiger partial charge < -0.3 is 10.1 Å². The van der Waals surface area contributed by atoms with E-state index in [1.165, 1.54) is 37.7 Å². The predicted octanol–water partition coefficient (Wildman–Crippen LogP) is 4.83. The van der Waals surface area contributed by atoms with Crippen molar-refractivity contribution in [2.24, 2.45) is 5.92 Å². The molecule has 0 amide bonds. The minimum absolute atomic E-state index is 0.455. The summed E-state index contributed by atoms with van der Waals surface area (Å²) < 4.78 is 7.00. The highest BCUT2D eigenvalue weighted by molar-refractivity contribution is 9.10. The Hall–Kier alpha value is -0.540. The topological polar surface area (TPSA) is 21.3 Å². The zero-order valence-electron chi connectivity index (χ0n) is 12.2. The fraction of sp³-hybridized carbons (Fsp3) is 0.647. The highest BCUT2D eigenvalue weighted by Crippen LogP contribution is 2.35. The lowest BCUT2D eigenvalue weighted by Crippen LogP contribution is -2.36. The fourth-order valence-electron chi connectivity index (χ4n) is 3.59. The molecular weight excluding hydrogens is 314 g/mol. The van der Waals surface area contributed by atoms with E-state index in [2.05, 4.69) is 46.4 Å². The van der Waals surface area contributed by atoms with Crippen LogP contribution >= 0.6 is 15.9 Å². The molecule has 1 aliphatic heterocycles. The third-order valence-corrected chi connectivity index (χ3v) is 5.11. The number of hydrogen-bond donors (Lipinski definition) is 1. The van der Waals surface area contributed by atoms with Crippen LogP contribution in [0.2, 0.25) is 0 Å². The van der Waals surface area contributed by atoms with Gasteiger partial charge in [0, 0.05) is 22.1 Å². The molecule has 1 aliphatic carbocycles. The molecule has 1 aromatic carbocycles. The van der Waals surface area contributed by atoms with Crippen LogP contribution in [-0.2, 0) is 0 Å². The molecule has 1 heterocycles. The molecule has 0 aromatic heterocycles. The van der Waals surface area contributed by atoms with Gasteiger partial charge in [0.2, 0.25) is 0 Å². The van der Waals surface area contributed by atoms with E-state index in [4.69, 9.17) is 4.74 Å². The van der Waals surface area contributed by atoms with E-state index in [0.717, 1.165) is 29.2 Å². The van der Waals surface area contributed by atoms with Crippen LogP contribution in [-0.4, -0.2) is 12.6 Å². The third kappa shape index (κ3) is 3.37. The third-order valence-electron chi connectivity index (χ3n) is 4.62. The van der Waals surface area contributed by atoms with Crippen molar-refractivity contribution in [3.63, 3.8) is 0 Å². The van der Waals surface area contributed by atoms with Crippen LogP contribution in [0, 0.1) is 5.92 Å². The second-order valence-corrected chi connectivity index (χ2v) is 7.28. The lowest BCUT2D eigenvalue weighted by molar-refractivity contribution is 0.274. The Morgan fingerprint density at radius 3 is 2.95 bits per heavy atom. The summed E-state index contributed by atoms with van der Waals surface area (Å²) in [5.41, 5.74) is 1.34. The van der Waals surface area contributed by atoms with Gasteiger partial charge in [-0.1, -0.05) is 41.8 Å². The Balaban J connectivity index is 1.76. The number of hydrogen-bond acceptors (Lipinski definition) is 2. The molecule has 20 heavy (non-hydrogen) atoms. The fourth-order valence-corrected chi connectivity index (χ4v) is 3.93. The van der Waals surface area contributed by atoms with Gasteiger partial charge in [-0.15, -0.1) is 0 Å². The average molecular weight is 338 g/mol. The molecule has 3 rings (SSSR count). The van der Waals surface area contributed by atoms with Crippen LogP contribution < -0.4 is 10.1 Å². The molecule has 3 heteroatoms. The minimum atomic E-state index is 0.455. The Bertz CT molecular complexity index is 462. The lowest BCUT2D eigenvalue weighted by Gasteiger charge is -2.31. The van der Waals surface area contributed by atoms with E-state index in [0.29, 0.717) is 12.1 Å². The van der Waals surface area contributed by atoms with Crippen molar-refractivity contribution in [3.05, 3.63) is 28.2 Å². The molecule has 0 radical (unpaired) electrons. The van der Waals surface area contributed by atoms with Crippen LogP contribution in [0.4, 0.5) is 0 Å². The molecule has 1 aromatic rings. The van der Waals surface area contributed by atoms with Gasteiger partial charge in [-0.05, 0) is 43.7 Å². The van der Waals surface area contributed by atoms with Crippen molar-refractivity contribution in [1.82, 2.24) is 5.32 Å². The SMILES string of the molecule is CC1CCCC(NC2CCCOc3cc(Br)ccc32)C1. The van der Waals surface area contributed by atoms with Crippen molar-refractivity contribution in [2.75, 3.05) is 6.61 Å². The number of ether oxygens (including phenoxy) is 1. The number of fused-ring (bicyclic) bond motifs is 1. The molecule has 0 saturated heterocycles. The Labute approximate surface area is 130 Å². The summed E-state index contributed by atoms with van der Waals surface area (Å²) in [6.07, 6.45) is 7.73. The van der Waals surface area contributed by atoms with E-state index in [1.54, 1.807) is 0 Å². The van der Waals surface area contributed by atoms with E-state index in [1.807, 2.05) is 0 Å². The summed E-state index contributed by atoms with van der Waals surface area (Å²) >= 11 is 3.54. The molecule has 2 aliphatic rings. The number of halogens is 1. The molecule has 0 bridgehead atoms. The van der Waals surface area contributed by atoms with Crippen molar-refractivity contribution < 1.29 is 4.74 Å². The first-order chi connectivity index (χ1) is 9.72. The predicted molar refractivity (Wildman–Crippen MR) is 86.2 cm³/mol. The summed E-state index contributed by atoms with van der Waals surface area (Å²) in [7, 11) is 0. The summed E-state index contributed by atoms with van der Waals surface area (Å²) in [6, 6.07) is 7.59. The normalized spacial score (nSPS) is 30.2. The van der Waals surface area contributed by atoms with Crippen LogP contribution in [0.25, 0.3) is 0 Å². The van der Waals surface area contributed by atoms with Crippen molar-refractivity contribution >= 4 is 15.9 Å². The first kappa shape index (κ1) is 14.4. The summed E-state index contributed by atoms with van der Waals surface area (Å²) in [4.78, 5) is 0. The van der Waals surface area contributed by atoms with Crippen molar-refractivity contribution in [3.8, 4) is 5.75 Å². The van der Waals surface area contributed by atoms with E-state index in [-0.39, 0.29) is 0 Å². The summed E-state index contributed by atoms with van der Waals surface area (Å²) in [5, 5.41) is 3.91. The zero-order valence-corrected chi connectivity index (χ0v) is 13.8. The maximum absolute atomic E-state index is 5.90. The van der Waals surface area contributed by atoms with Gasteiger partial charge in [0.25, 0.3) is 0 Å². The molecule has 1 fully saturated rings. The van der Waals surface area contributed by atoms with E-state index >= 15 is 0 Å². The van der Waals surface area contributed by atoms with E-state index < -0.39 is 0 Å². The van der Waals surface area contributed by atoms with Gasteiger partial charge in [-0.3, -0.25) is 0 Å². The Kier molecular flexibility index (Phi) is 4.67. The van der Waals surface area contributed by atoms with Crippen molar-refractivity contribution in [1.29, 1.82) is 0 Å². The molecular formula is C17H24BrNO. The lowest BCUT2D eigenvalue weighted by atomic mass is 9.86. The van der Waals surface area contributed by atoms with Crippen LogP contribution in [0.1, 0.15) is 57.1 Å². The second kappa shape index (κ2) is 6.48. The average Bonchev–Trinajstić information content (AvgIpc) is 2.61. The van der Waals surface area contributed by atoms with Crippen LogP contribution in [0.5, 0.6) is 5.75 Å². The zero-order chi connectivity index (χ0) is 13.9. The molecule has 2 nitrogen and oxygen atoms in total. The standard InChI is InChI=1S/C17H24BrNO/c1-12-4-2-5-14(10-12)19-16-6-3-9-20-17-11-13(18)7-8-15(16)17/h7-8,11-12,14,16,19H,2-6,9-10H2,1H3. The van der Waals surface area contributed by atoms with Gasteiger partial charge >= 0.3 is 0 Å². The first-order valence-electron chi connectivity index (χ1n) is 7.90. The smallest absolute Gasteiger partial charge is 0.125 e. The number of nitrogens with one attached hydrogen (secondary N) is 1. The van der Waals surface area contributed by atoms with E-state index in [9.17, 15) is 0 Å². The molecule has 1 N–H and O–H groups in total. The molecule has 3 atom stereocenters. The Morgan fingerprint density at radius 2 is 2.10 bits per heavy atom. The molecule has 3 unspecified atom stereocenters. The quantitative estimate of drug-likeness (QED) is 0.834. The largest absolute Gasteiger partial charge is 0.493 e. The monoisotopic (exact) mass is 337 g/mol. The van der Waals surface area contributed by atoms with Crippen LogP contribution in [0.3, 0.4) is 0 Å². The highest BCUT2D eigenvalue weighted by Gasteiger charge is 2.25. The minimum Gasteiger partial charge on any atom is -0.493 e. The van der Waals surface area contributed by atoms with Gasteiger partial charge in [0.1, 0.15) is 5.75 Å². The van der Waals surface area contributed by atoms with Gasteiger partial charge in [-0.25, -0.2) is 0 Å². The van der Waals surface area contributed by atoms with Crippen molar-refractivity contribution in [2.45, 2.75) is 57.5 Å². The maximum Gasteiger partial charge on any atom is 0.125 e. The highest BCUT2D eigenvalue weighted by atomic mass is 79.9. The van der Waals surface area contributed by atoms with Crippen LogP contribution in [0.15, 0.2) is 22.7 Å². The van der Waals surface area contributed by atoms with Gasteiger partial charge in [-0.2, -0.15) is 0 Å². The Morgan fingerprint density at radius 1 is 1.20 bits per heavy atom. The molecule has 110 valence electrons. The maximum atomic E-state index is 5.90. The number of rotatable bonds is 2. The summed E-state index contributed by atoms with van der Waals surface area (Å²) in [6.45, 7) is 3.22. The van der Waals surface area contributed by atoms with Gasteiger partial charge in [0.05, 0.1) is 6.61 Å². The summed E-state index contributed by atoms with van der Waals surface area (Å²) in [5.74, 6) is 1.92.